The molecule has 6 heteroatoms. The molecule has 0 N–H and O–H groups in total. The fourth-order valence-electron chi connectivity index (χ4n) is 3.09. The summed E-state index contributed by atoms with van der Waals surface area (Å²) in [5, 5.41) is 4.27. The van der Waals surface area contributed by atoms with Gasteiger partial charge in [-0.25, -0.2) is 4.99 Å². The van der Waals surface area contributed by atoms with Gasteiger partial charge in [0.1, 0.15) is 0 Å². The molecule has 26 heavy (non-hydrogen) atoms. The van der Waals surface area contributed by atoms with Gasteiger partial charge in [0, 0.05) is 17.6 Å². The van der Waals surface area contributed by atoms with Gasteiger partial charge < -0.3 is 9.30 Å². The normalized spacial score (nSPS) is 17.7. The number of carbonyl (C=O) groups is 1. The van der Waals surface area contributed by atoms with Gasteiger partial charge in [0.15, 0.2) is 10.6 Å². The number of Topliss-reactive ketones (excluding diaryl/α,β-unsaturated/α-hetero) is 1. The van der Waals surface area contributed by atoms with Crippen LogP contribution >= 0.6 is 22.7 Å². The molecule has 1 atom stereocenters. The average Bonchev–Trinajstić information content (AvgIpc) is 3.39. The van der Waals surface area contributed by atoms with Gasteiger partial charge in [0.05, 0.1) is 28.9 Å². The van der Waals surface area contributed by atoms with Crippen LogP contribution in [0.15, 0.2) is 52.2 Å². The maximum absolute atomic E-state index is 11.5. The summed E-state index contributed by atoms with van der Waals surface area (Å²) in [5.41, 5.74) is 2.76. The van der Waals surface area contributed by atoms with Crippen molar-refractivity contribution in [3.63, 3.8) is 0 Å². The molecule has 2 aromatic heterocycles. The van der Waals surface area contributed by atoms with E-state index in [1.165, 1.54) is 10.6 Å². The summed E-state index contributed by atoms with van der Waals surface area (Å²) in [4.78, 5) is 18.5. The van der Waals surface area contributed by atoms with Crippen LogP contribution in [0.4, 0.5) is 5.69 Å². The molecule has 1 aliphatic heterocycles. The van der Waals surface area contributed by atoms with Crippen LogP contribution in [0.5, 0.6) is 0 Å². The molecule has 1 aromatic carbocycles. The molecule has 134 valence electrons. The molecular formula is C20H20N2O2S2. The minimum absolute atomic E-state index is 0.0705. The summed E-state index contributed by atoms with van der Waals surface area (Å²) in [6.07, 6.45) is 2.48. The standard InChI is InChI=1S/C20H20N2O2S2/c1-14(23)15-6-8-16(9-7-15)21-20-22(12-17-4-2-10-24-17)18(13-26-20)19-5-3-11-25-19/h3,5-9,11,13,17H,2,4,10,12H2,1H3. The number of thiophene rings is 1. The van der Waals surface area contributed by atoms with Gasteiger partial charge in [0.2, 0.25) is 0 Å². The van der Waals surface area contributed by atoms with Gasteiger partial charge in [-0.15, -0.1) is 22.7 Å². The summed E-state index contributed by atoms with van der Waals surface area (Å²) in [7, 11) is 0. The smallest absolute Gasteiger partial charge is 0.190 e. The molecule has 0 radical (unpaired) electrons. The van der Waals surface area contributed by atoms with E-state index in [2.05, 4.69) is 27.5 Å². The molecule has 3 aromatic rings. The van der Waals surface area contributed by atoms with E-state index in [1.807, 2.05) is 24.3 Å². The Balaban J connectivity index is 1.73. The lowest BCUT2D eigenvalue weighted by atomic mass is 10.1. The fraction of sp³-hybridized carbons (Fsp3) is 0.300. The molecule has 3 heterocycles. The van der Waals surface area contributed by atoms with Gasteiger partial charge in [-0.1, -0.05) is 6.07 Å². The van der Waals surface area contributed by atoms with Crippen LogP contribution in [-0.2, 0) is 11.3 Å². The number of nitrogens with zero attached hydrogens (tertiary/aromatic N) is 2. The zero-order valence-electron chi connectivity index (χ0n) is 14.6. The lowest BCUT2D eigenvalue weighted by molar-refractivity contribution is 0.0968. The minimum Gasteiger partial charge on any atom is -0.376 e. The first-order valence-corrected chi connectivity index (χ1v) is 10.5. The third-order valence-electron chi connectivity index (χ3n) is 4.48. The highest BCUT2D eigenvalue weighted by atomic mass is 32.1. The molecule has 0 bridgehead atoms. The molecule has 1 aliphatic rings. The molecule has 4 rings (SSSR count). The van der Waals surface area contributed by atoms with Gasteiger partial charge >= 0.3 is 0 Å². The Morgan fingerprint density at radius 2 is 2.12 bits per heavy atom. The summed E-state index contributed by atoms with van der Waals surface area (Å²) in [5.74, 6) is 0.0705. The van der Waals surface area contributed by atoms with Crippen molar-refractivity contribution in [3.8, 4) is 10.6 Å². The predicted molar refractivity (Wildman–Crippen MR) is 106 cm³/mol. The first kappa shape index (κ1) is 17.4. The average molecular weight is 385 g/mol. The molecule has 0 saturated carbocycles. The van der Waals surface area contributed by atoms with Crippen molar-refractivity contribution >= 4 is 34.1 Å². The molecule has 1 saturated heterocycles. The number of ether oxygens (including phenoxy) is 1. The van der Waals surface area contributed by atoms with E-state index in [-0.39, 0.29) is 11.9 Å². The van der Waals surface area contributed by atoms with E-state index in [1.54, 1.807) is 29.6 Å². The van der Waals surface area contributed by atoms with E-state index < -0.39 is 0 Å². The number of hydrogen-bond acceptors (Lipinski definition) is 5. The second-order valence-electron chi connectivity index (χ2n) is 6.34. The zero-order chi connectivity index (χ0) is 17.9. The minimum atomic E-state index is 0.0705. The van der Waals surface area contributed by atoms with Crippen LogP contribution in [0.25, 0.3) is 10.6 Å². The second-order valence-corrected chi connectivity index (χ2v) is 8.13. The molecule has 1 unspecified atom stereocenters. The van der Waals surface area contributed by atoms with Crippen LogP contribution in [0, 0.1) is 0 Å². The number of benzene rings is 1. The lowest BCUT2D eigenvalue weighted by Gasteiger charge is -2.13. The van der Waals surface area contributed by atoms with Gasteiger partial charge in [-0.05, 0) is 55.5 Å². The summed E-state index contributed by atoms with van der Waals surface area (Å²) >= 11 is 3.38. The predicted octanol–water partition coefficient (Wildman–Crippen LogP) is 4.89. The number of thiazole rings is 1. The van der Waals surface area contributed by atoms with Crippen LogP contribution in [0.3, 0.4) is 0 Å². The molecule has 4 nitrogen and oxygen atoms in total. The number of hydrogen-bond donors (Lipinski definition) is 0. The third kappa shape index (κ3) is 3.72. The van der Waals surface area contributed by atoms with Gasteiger partial charge in [-0.3, -0.25) is 4.79 Å². The van der Waals surface area contributed by atoms with Crippen LogP contribution in [-0.4, -0.2) is 23.1 Å². The van der Waals surface area contributed by atoms with E-state index >= 15 is 0 Å². The van der Waals surface area contributed by atoms with E-state index in [9.17, 15) is 4.79 Å². The maximum Gasteiger partial charge on any atom is 0.190 e. The van der Waals surface area contributed by atoms with Crippen molar-refractivity contribution in [1.29, 1.82) is 0 Å². The zero-order valence-corrected chi connectivity index (χ0v) is 16.2. The summed E-state index contributed by atoms with van der Waals surface area (Å²) in [6.45, 7) is 3.25. The molecular weight excluding hydrogens is 364 g/mol. The quantitative estimate of drug-likeness (QED) is 0.588. The second kappa shape index (κ2) is 7.70. The molecule has 0 amide bonds. The highest BCUT2D eigenvalue weighted by Gasteiger charge is 2.19. The SMILES string of the molecule is CC(=O)c1ccc(N=c2scc(-c3cccs3)n2CC2CCCO2)cc1. The Morgan fingerprint density at radius 1 is 1.27 bits per heavy atom. The highest BCUT2D eigenvalue weighted by molar-refractivity contribution is 7.14. The van der Waals surface area contributed by atoms with Crippen LogP contribution in [0.2, 0.25) is 0 Å². The van der Waals surface area contributed by atoms with Crippen molar-refractivity contribution in [2.24, 2.45) is 4.99 Å². The number of carbonyl (C=O) groups excluding carboxylic acids is 1. The summed E-state index contributed by atoms with van der Waals surface area (Å²) in [6, 6.07) is 11.7. The van der Waals surface area contributed by atoms with Crippen molar-refractivity contribution < 1.29 is 9.53 Å². The topological polar surface area (TPSA) is 43.6 Å². The number of rotatable bonds is 5. The first-order chi connectivity index (χ1) is 12.7. The van der Waals surface area contributed by atoms with E-state index in [0.29, 0.717) is 5.56 Å². The monoisotopic (exact) mass is 384 g/mol. The van der Waals surface area contributed by atoms with Crippen molar-refractivity contribution in [1.82, 2.24) is 4.57 Å². The number of aromatic nitrogens is 1. The van der Waals surface area contributed by atoms with Gasteiger partial charge in [0.25, 0.3) is 0 Å². The molecule has 0 spiro atoms. The lowest BCUT2D eigenvalue weighted by Crippen LogP contribution is -2.23. The first-order valence-electron chi connectivity index (χ1n) is 8.70. The molecule has 0 aliphatic carbocycles. The van der Waals surface area contributed by atoms with Gasteiger partial charge in [-0.2, -0.15) is 0 Å². The van der Waals surface area contributed by atoms with Crippen molar-refractivity contribution in [3.05, 3.63) is 57.5 Å². The Labute approximate surface area is 160 Å². The fourth-order valence-corrected chi connectivity index (χ4v) is 4.85. The highest BCUT2D eigenvalue weighted by Crippen LogP contribution is 2.27. The third-order valence-corrected chi connectivity index (χ3v) is 6.24. The van der Waals surface area contributed by atoms with Crippen LogP contribution < -0.4 is 4.80 Å². The maximum atomic E-state index is 11.5. The van der Waals surface area contributed by atoms with Crippen molar-refractivity contribution in [2.75, 3.05) is 6.61 Å². The van der Waals surface area contributed by atoms with E-state index in [4.69, 9.17) is 9.73 Å². The Hall–Kier alpha value is -2.02. The van der Waals surface area contributed by atoms with Crippen LogP contribution in [0.1, 0.15) is 30.1 Å². The largest absolute Gasteiger partial charge is 0.376 e. The summed E-state index contributed by atoms with van der Waals surface area (Å²) < 4.78 is 8.12. The number of ketones is 1. The van der Waals surface area contributed by atoms with E-state index in [0.717, 1.165) is 36.5 Å². The molecule has 1 fully saturated rings. The van der Waals surface area contributed by atoms with Crippen molar-refractivity contribution in [2.45, 2.75) is 32.4 Å². The Bertz CT molecular complexity index is 947. The Morgan fingerprint density at radius 3 is 2.77 bits per heavy atom. The Kier molecular flexibility index (Phi) is 5.15.